The third-order valence-corrected chi connectivity index (χ3v) is 6.84. The van der Waals surface area contributed by atoms with Crippen LogP contribution in [-0.4, -0.2) is 83.4 Å². The molecule has 0 spiro atoms. The molecule has 2 heterocycles. The SMILES string of the molecule is Cc1cc(CC2CN(C(=O)O)CC2OCCNCCc2cccc(Cl)c2)nc(N(C(=O)OC(C)(C)C)C(=O)OC(C)(C)C)c1. The monoisotopic (exact) mass is 632 g/mol. The number of ether oxygens (including phenoxy) is 3. The average Bonchev–Trinajstić information content (AvgIpc) is 3.26. The van der Waals surface area contributed by atoms with Crippen LogP contribution in [0.5, 0.6) is 0 Å². The summed E-state index contributed by atoms with van der Waals surface area (Å²) in [6.07, 6.45) is -1.97. The van der Waals surface area contributed by atoms with E-state index in [1.807, 2.05) is 37.3 Å². The molecule has 12 heteroatoms. The van der Waals surface area contributed by atoms with Gasteiger partial charge in [-0.15, -0.1) is 0 Å². The van der Waals surface area contributed by atoms with Crippen LogP contribution in [0.25, 0.3) is 0 Å². The molecule has 1 aliphatic rings. The quantitative estimate of drug-likeness (QED) is 0.299. The second-order valence-electron chi connectivity index (χ2n) is 13.0. The number of carbonyl (C=O) groups excluding carboxylic acids is 2. The minimum absolute atomic E-state index is 0.0676. The van der Waals surface area contributed by atoms with Crippen LogP contribution in [0, 0.1) is 12.8 Å². The van der Waals surface area contributed by atoms with Crippen molar-refractivity contribution >= 4 is 35.7 Å². The smallest absolute Gasteiger partial charge is 0.425 e. The highest BCUT2D eigenvalue weighted by atomic mass is 35.5. The van der Waals surface area contributed by atoms with Gasteiger partial charge in [0.25, 0.3) is 0 Å². The Bertz CT molecular complexity index is 1280. The van der Waals surface area contributed by atoms with Crippen molar-refractivity contribution in [3.8, 4) is 0 Å². The van der Waals surface area contributed by atoms with Gasteiger partial charge in [-0.1, -0.05) is 23.7 Å². The molecule has 0 radical (unpaired) electrons. The molecule has 2 atom stereocenters. The van der Waals surface area contributed by atoms with E-state index < -0.39 is 29.5 Å². The highest BCUT2D eigenvalue weighted by molar-refractivity contribution is 6.30. The molecule has 3 rings (SSSR count). The number of aryl methyl sites for hydroxylation is 1. The average molecular weight is 633 g/mol. The number of hydrogen-bond acceptors (Lipinski definition) is 8. The number of nitrogens with zero attached hydrogens (tertiary/aromatic N) is 3. The summed E-state index contributed by atoms with van der Waals surface area (Å²) in [6, 6.07) is 11.2. The van der Waals surface area contributed by atoms with Crippen LogP contribution in [0.3, 0.4) is 0 Å². The third-order valence-electron chi connectivity index (χ3n) is 6.60. The molecule has 3 amide bonds. The van der Waals surface area contributed by atoms with E-state index in [9.17, 15) is 19.5 Å². The molecule has 2 unspecified atom stereocenters. The number of benzene rings is 1. The molecule has 1 aliphatic heterocycles. The van der Waals surface area contributed by atoms with Crippen molar-refractivity contribution in [2.24, 2.45) is 5.92 Å². The Labute approximate surface area is 264 Å². The number of nitrogens with one attached hydrogen (secondary N) is 1. The number of amides is 3. The van der Waals surface area contributed by atoms with Crippen LogP contribution in [-0.2, 0) is 27.1 Å². The maximum Gasteiger partial charge on any atom is 0.425 e. The number of carbonyl (C=O) groups is 3. The first kappa shape index (κ1) is 35.1. The highest BCUT2D eigenvalue weighted by Crippen LogP contribution is 2.27. The number of carboxylic acid groups (broad SMARTS) is 1. The van der Waals surface area contributed by atoms with Crippen molar-refractivity contribution in [1.29, 1.82) is 0 Å². The van der Waals surface area contributed by atoms with Gasteiger partial charge in [0.1, 0.15) is 17.0 Å². The van der Waals surface area contributed by atoms with Crippen molar-refractivity contribution in [2.75, 3.05) is 37.7 Å². The number of halogens is 1. The highest BCUT2D eigenvalue weighted by Gasteiger charge is 2.37. The van der Waals surface area contributed by atoms with E-state index in [0.717, 1.165) is 29.0 Å². The normalized spacial score (nSPS) is 17.0. The summed E-state index contributed by atoms with van der Waals surface area (Å²) >= 11 is 6.06. The van der Waals surface area contributed by atoms with Gasteiger partial charge in [-0.25, -0.2) is 19.4 Å². The van der Waals surface area contributed by atoms with E-state index in [1.54, 1.807) is 47.6 Å². The van der Waals surface area contributed by atoms with Gasteiger partial charge in [-0.05, 0) is 103 Å². The van der Waals surface area contributed by atoms with E-state index in [0.29, 0.717) is 30.3 Å². The Hall–Kier alpha value is -3.41. The molecule has 0 bridgehead atoms. The lowest BCUT2D eigenvalue weighted by Crippen LogP contribution is -2.44. The second kappa shape index (κ2) is 15.0. The van der Waals surface area contributed by atoms with E-state index >= 15 is 0 Å². The van der Waals surface area contributed by atoms with Crippen molar-refractivity contribution in [1.82, 2.24) is 15.2 Å². The maximum absolute atomic E-state index is 13.2. The van der Waals surface area contributed by atoms with Crippen LogP contribution in [0.1, 0.15) is 58.4 Å². The Morgan fingerprint density at radius 3 is 2.27 bits per heavy atom. The lowest BCUT2D eigenvalue weighted by atomic mass is 9.98. The molecule has 11 nitrogen and oxygen atoms in total. The van der Waals surface area contributed by atoms with Gasteiger partial charge in [-0.3, -0.25) is 0 Å². The lowest BCUT2D eigenvalue weighted by molar-refractivity contribution is 0.0360. The summed E-state index contributed by atoms with van der Waals surface area (Å²) in [7, 11) is 0. The maximum atomic E-state index is 13.2. The largest absolute Gasteiger partial charge is 0.465 e. The molecule has 44 heavy (non-hydrogen) atoms. The van der Waals surface area contributed by atoms with Crippen LogP contribution in [0.4, 0.5) is 20.2 Å². The van der Waals surface area contributed by atoms with Crippen LogP contribution in [0.15, 0.2) is 36.4 Å². The molecule has 0 aliphatic carbocycles. The molecule has 2 aromatic rings. The molecule has 1 fully saturated rings. The summed E-state index contributed by atoms with van der Waals surface area (Å²) in [5.41, 5.74) is 0.769. The molecule has 2 N–H and O–H groups in total. The Morgan fingerprint density at radius 1 is 1.02 bits per heavy atom. The lowest BCUT2D eigenvalue weighted by Gasteiger charge is -2.28. The zero-order valence-corrected chi connectivity index (χ0v) is 27.4. The fourth-order valence-electron chi connectivity index (χ4n) is 4.80. The van der Waals surface area contributed by atoms with Gasteiger partial charge in [0.15, 0.2) is 0 Å². The summed E-state index contributed by atoms with van der Waals surface area (Å²) in [5, 5.41) is 13.7. The first-order valence-corrected chi connectivity index (χ1v) is 15.2. The first-order valence-electron chi connectivity index (χ1n) is 14.8. The number of imide groups is 1. The van der Waals surface area contributed by atoms with Gasteiger partial charge >= 0.3 is 18.3 Å². The minimum atomic E-state index is -1.01. The Morgan fingerprint density at radius 2 is 1.68 bits per heavy atom. The van der Waals surface area contributed by atoms with Gasteiger partial charge in [0.05, 0.1) is 19.3 Å². The van der Waals surface area contributed by atoms with Crippen LogP contribution in [0.2, 0.25) is 5.02 Å². The van der Waals surface area contributed by atoms with E-state index in [-0.39, 0.29) is 30.9 Å². The molecular weight excluding hydrogens is 588 g/mol. The molecular formula is C32H45ClN4O7. The number of likely N-dealkylation sites (tertiary alicyclic amines) is 1. The van der Waals surface area contributed by atoms with Crippen LogP contribution < -0.4 is 10.2 Å². The van der Waals surface area contributed by atoms with E-state index in [4.69, 9.17) is 25.8 Å². The van der Waals surface area contributed by atoms with Crippen molar-refractivity contribution in [3.63, 3.8) is 0 Å². The Balaban J connectivity index is 1.71. The fraction of sp³-hybridized carbons (Fsp3) is 0.562. The predicted molar refractivity (Wildman–Crippen MR) is 168 cm³/mol. The molecule has 1 aromatic heterocycles. The molecule has 1 saturated heterocycles. The number of rotatable bonds is 10. The molecule has 242 valence electrons. The summed E-state index contributed by atoms with van der Waals surface area (Å²) in [4.78, 5) is 44.9. The van der Waals surface area contributed by atoms with Gasteiger partial charge in [-0.2, -0.15) is 4.90 Å². The fourth-order valence-corrected chi connectivity index (χ4v) is 5.01. The van der Waals surface area contributed by atoms with Crippen molar-refractivity contribution < 1.29 is 33.7 Å². The number of aromatic nitrogens is 1. The number of pyridine rings is 1. The summed E-state index contributed by atoms with van der Waals surface area (Å²) in [5.74, 6) is -0.117. The zero-order chi connectivity index (χ0) is 32.7. The summed E-state index contributed by atoms with van der Waals surface area (Å²) < 4.78 is 17.2. The number of anilines is 1. The topological polar surface area (TPSA) is 131 Å². The standard InChI is InChI=1S/C32H45ClN4O7/c1-21-15-25(35-27(16-21)37(29(40)43-31(2,3)4)30(41)44-32(5,6)7)18-23-19-36(28(38)39)20-26(23)42-14-13-34-12-11-22-9-8-10-24(33)17-22/h8-10,15-17,23,26,34H,11-14,18-20H2,1-7H3,(H,38,39). The van der Waals surface area contributed by atoms with Gasteiger partial charge in [0, 0.05) is 29.7 Å². The Kier molecular flexibility index (Phi) is 12.0. The van der Waals surface area contributed by atoms with Crippen LogP contribution >= 0.6 is 11.6 Å². The third kappa shape index (κ3) is 11.3. The minimum Gasteiger partial charge on any atom is -0.465 e. The van der Waals surface area contributed by atoms with E-state index in [2.05, 4.69) is 10.3 Å². The zero-order valence-electron chi connectivity index (χ0n) is 26.7. The van der Waals surface area contributed by atoms with Gasteiger partial charge in [0.2, 0.25) is 0 Å². The van der Waals surface area contributed by atoms with Gasteiger partial charge < -0.3 is 29.5 Å². The number of hydrogen-bond donors (Lipinski definition) is 2. The second-order valence-corrected chi connectivity index (χ2v) is 13.4. The van der Waals surface area contributed by atoms with Crippen molar-refractivity contribution in [2.45, 2.75) is 78.6 Å². The predicted octanol–water partition coefficient (Wildman–Crippen LogP) is 6.09. The summed E-state index contributed by atoms with van der Waals surface area (Å²) in [6.45, 7) is 14.3. The molecule has 0 saturated carbocycles. The van der Waals surface area contributed by atoms with Crippen molar-refractivity contribution in [3.05, 3.63) is 58.2 Å². The van der Waals surface area contributed by atoms with E-state index in [1.165, 1.54) is 4.90 Å². The first-order chi connectivity index (χ1) is 20.5. The molecule has 1 aromatic carbocycles.